The second-order valence-corrected chi connectivity index (χ2v) is 4.46. The van der Waals surface area contributed by atoms with Crippen molar-refractivity contribution in [1.29, 1.82) is 0 Å². The van der Waals surface area contributed by atoms with Gasteiger partial charge in [-0.05, 0) is 30.0 Å². The molecule has 0 aromatic heterocycles. The SMILES string of the molecule is CC(C)COC(=O)[C@@H](N)Cc1ccc(F)cc1. The van der Waals surface area contributed by atoms with E-state index in [1.54, 1.807) is 12.1 Å². The second kappa shape index (κ2) is 6.35. The zero-order valence-electron chi connectivity index (χ0n) is 10.2. The molecule has 1 aromatic rings. The predicted octanol–water partition coefficient (Wildman–Crippen LogP) is 1.89. The summed E-state index contributed by atoms with van der Waals surface area (Å²) in [4.78, 5) is 11.5. The van der Waals surface area contributed by atoms with Crippen LogP contribution in [-0.4, -0.2) is 18.6 Å². The lowest BCUT2D eigenvalue weighted by molar-refractivity contribution is -0.146. The summed E-state index contributed by atoms with van der Waals surface area (Å²) < 4.78 is 17.7. The highest BCUT2D eigenvalue weighted by Gasteiger charge is 2.15. The Kier molecular flexibility index (Phi) is 5.10. The molecule has 0 saturated heterocycles. The minimum atomic E-state index is -0.695. The first-order valence-electron chi connectivity index (χ1n) is 5.65. The summed E-state index contributed by atoms with van der Waals surface area (Å²) in [5.74, 6) is -0.426. The molecule has 0 amide bonds. The summed E-state index contributed by atoms with van der Waals surface area (Å²) in [5, 5.41) is 0. The van der Waals surface area contributed by atoms with Gasteiger partial charge in [-0.3, -0.25) is 4.79 Å². The predicted molar refractivity (Wildman–Crippen MR) is 63.9 cm³/mol. The lowest BCUT2D eigenvalue weighted by Crippen LogP contribution is -2.35. The minimum absolute atomic E-state index is 0.289. The van der Waals surface area contributed by atoms with Gasteiger partial charge in [0, 0.05) is 0 Å². The molecule has 1 aromatic carbocycles. The van der Waals surface area contributed by atoms with Crippen molar-refractivity contribution in [2.24, 2.45) is 11.7 Å². The van der Waals surface area contributed by atoms with Crippen molar-refractivity contribution in [1.82, 2.24) is 0 Å². The minimum Gasteiger partial charge on any atom is -0.464 e. The molecule has 4 heteroatoms. The number of hydrogen-bond donors (Lipinski definition) is 1. The van der Waals surface area contributed by atoms with Crippen LogP contribution in [0.5, 0.6) is 0 Å². The maximum absolute atomic E-state index is 12.7. The first kappa shape index (κ1) is 13.6. The van der Waals surface area contributed by atoms with E-state index in [0.717, 1.165) is 5.56 Å². The smallest absolute Gasteiger partial charge is 0.323 e. The molecule has 17 heavy (non-hydrogen) atoms. The number of carbonyl (C=O) groups is 1. The van der Waals surface area contributed by atoms with Crippen LogP contribution in [0.1, 0.15) is 19.4 Å². The number of esters is 1. The lowest BCUT2D eigenvalue weighted by Gasteiger charge is -2.12. The fraction of sp³-hybridized carbons (Fsp3) is 0.462. The lowest BCUT2D eigenvalue weighted by atomic mass is 10.1. The van der Waals surface area contributed by atoms with Crippen LogP contribution >= 0.6 is 0 Å². The van der Waals surface area contributed by atoms with Crippen LogP contribution in [0, 0.1) is 11.7 Å². The Morgan fingerprint density at radius 3 is 2.47 bits per heavy atom. The van der Waals surface area contributed by atoms with Crippen molar-refractivity contribution in [3.8, 4) is 0 Å². The standard InChI is InChI=1S/C13H18FNO2/c1-9(2)8-17-13(16)12(15)7-10-3-5-11(14)6-4-10/h3-6,9,12H,7-8,15H2,1-2H3/t12-/m0/s1. The van der Waals surface area contributed by atoms with E-state index in [0.29, 0.717) is 13.0 Å². The number of rotatable bonds is 5. The highest BCUT2D eigenvalue weighted by atomic mass is 19.1. The Labute approximate surface area is 101 Å². The van der Waals surface area contributed by atoms with E-state index in [9.17, 15) is 9.18 Å². The molecule has 3 nitrogen and oxygen atoms in total. The Morgan fingerprint density at radius 2 is 1.94 bits per heavy atom. The Morgan fingerprint density at radius 1 is 1.35 bits per heavy atom. The van der Waals surface area contributed by atoms with Crippen LogP contribution in [0.3, 0.4) is 0 Å². The highest BCUT2D eigenvalue weighted by Crippen LogP contribution is 2.06. The van der Waals surface area contributed by atoms with Gasteiger partial charge in [-0.25, -0.2) is 4.39 Å². The van der Waals surface area contributed by atoms with Gasteiger partial charge in [-0.1, -0.05) is 26.0 Å². The molecule has 0 saturated carbocycles. The van der Waals surface area contributed by atoms with Gasteiger partial charge < -0.3 is 10.5 Å². The van der Waals surface area contributed by atoms with Crippen molar-refractivity contribution in [3.63, 3.8) is 0 Å². The third-order valence-electron chi connectivity index (χ3n) is 2.23. The maximum atomic E-state index is 12.7. The largest absolute Gasteiger partial charge is 0.464 e. The second-order valence-electron chi connectivity index (χ2n) is 4.46. The zero-order valence-corrected chi connectivity index (χ0v) is 10.2. The molecule has 1 atom stereocenters. The number of hydrogen-bond acceptors (Lipinski definition) is 3. The normalized spacial score (nSPS) is 12.5. The van der Waals surface area contributed by atoms with Crippen molar-refractivity contribution >= 4 is 5.97 Å². The van der Waals surface area contributed by atoms with Gasteiger partial charge in [0.05, 0.1) is 6.61 Å². The Balaban J connectivity index is 2.45. The first-order chi connectivity index (χ1) is 7.99. The number of nitrogens with two attached hydrogens (primary N) is 1. The molecular formula is C13H18FNO2. The van der Waals surface area contributed by atoms with E-state index in [-0.39, 0.29) is 11.7 Å². The fourth-order valence-electron chi connectivity index (χ4n) is 1.31. The summed E-state index contributed by atoms with van der Waals surface area (Å²) in [6.45, 7) is 4.29. The van der Waals surface area contributed by atoms with Gasteiger partial charge in [0.15, 0.2) is 0 Å². The van der Waals surface area contributed by atoms with Gasteiger partial charge in [-0.2, -0.15) is 0 Å². The molecule has 0 unspecified atom stereocenters. The molecule has 94 valence electrons. The Hall–Kier alpha value is -1.42. The quantitative estimate of drug-likeness (QED) is 0.798. The molecule has 0 aliphatic rings. The molecule has 0 spiro atoms. The molecular weight excluding hydrogens is 221 g/mol. The third kappa shape index (κ3) is 4.95. The average molecular weight is 239 g/mol. The molecule has 0 aliphatic heterocycles. The Bertz CT molecular complexity index is 362. The van der Waals surface area contributed by atoms with Crippen LogP contribution < -0.4 is 5.73 Å². The van der Waals surface area contributed by atoms with Crippen molar-refractivity contribution in [3.05, 3.63) is 35.6 Å². The number of halogens is 1. The monoisotopic (exact) mass is 239 g/mol. The highest BCUT2D eigenvalue weighted by molar-refractivity contribution is 5.75. The molecule has 2 N–H and O–H groups in total. The molecule has 1 rings (SSSR count). The third-order valence-corrected chi connectivity index (χ3v) is 2.23. The number of benzene rings is 1. The van der Waals surface area contributed by atoms with Crippen LogP contribution in [0.25, 0.3) is 0 Å². The van der Waals surface area contributed by atoms with Crippen LogP contribution in [-0.2, 0) is 16.0 Å². The summed E-state index contributed by atoms with van der Waals surface area (Å²) >= 11 is 0. The van der Waals surface area contributed by atoms with Gasteiger partial charge in [0.2, 0.25) is 0 Å². The van der Waals surface area contributed by atoms with E-state index in [2.05, 4.69) is 0 Å². The van der Waals surface area contributed by atoms with Gasteiger partial charge in [-0.15, -0.1) is 0 Å². The molecule has 0 heterocycles. The molecule has 0 fully saturated rings. The first-order valence-corrected chi connectivity index (χ1v) is 5.65. The van der Waals surface area contributed by atoms with Crippen LogP contribution in [0.15, 0.2) is 24.3 Å². The zero-order chi connectivity index (χ0) is 12.8. The van der Waals surface area contributed by atoms with Crippen molar-refractivity contribution in [2.45, 2.75) is 26.3 Å². The van der Waals surface area contributed by atoms with Crippen LogP contribution in [0.2, 0.25) is 0 Å². The summed E-state index contributed by atoms with van der Waals surface area (Å²) in [6.07, 6.45) is 0.358. The fourth-order valence-corrected chi connectivity index (χ4v) is 1.31. The number of carbonyl (C=O) groups excluding carboxylic acids is 1. The molecule has 0 radical (unpaired) electrons. The summed E-state index contributed by atoms with van der Waals surface area (Å²) in [6, 6.07) is 5.23. The topological polar surface area (TPSA) is 52.3 Å². The van der Waals surface area contributed by atoms with Gasteiger partial charge in [0.1, 0.15) is 11.9 Å². The van der Waals surface area contributed by atoms with Crippen LogP contribution in [0.4, 0.5) is 4.39 Å². The summed E-state index contributed by atoms with van der Waals surface area (Å²) in [5.41, 5.74) is 6.53. The molecule has 0 bridgehead atoms. The maximum Gasteiger partial charge on any atom is 0.323 e. The van der Waals surface area contributed by atoms with Crippen molar-refractivity contribution in [2.75, 3.05) is 6.61 Å². The van der Waals surface area contributed by atoms with Gasteiger partial charge >= 0.3 is 5.97 Å². The molecule has 0 aliphatic carbocycles. The van der Waals surface area contributed by atoms with E-state index >= 15 is 0 Å². The van der Waals surface area contributed by atoms with Crippen molar-refractivity contribution < 1.29 is 13.9 Å². The van der Waals surface area contributed by atoms with E-state index in [1.165, 1.54) is 12.1 Å². The van der Waals surface area contributed by atoms with Gasteiger partial charge in [0.25, 0.3) is 0 Å². The van der Waals surface area contributed by atoms with E-state index in [4.69, 9.17) is 10.5 Å². The van der Waals surface area contributed by atoms with E-state index in [1.807, 2.05) is 13.8 Å². The van der Waals surface area contributed by atoms with E-state index < -0.39 is 12.0 Å². The summed E-state index contributed by atoms with van der Waals surface area (Å²) in [7, 11) is 0. The average Bonchev–Trinajstić information content (AvgIpc) is 2.28. The number of ether oxygens (including phenoxy) is 1.